The fraction of sp³-hybridized carbons (Fsp3) is 0.464. The molecule has 0 aliphatic carbocycles. The number of carbonyl (C=O) groups excluding carboxylic acids is 3. The van der Waals surface area contributed by atoms with E-state index in [4.69, 9.17) is 9.47 Å². The van der Waals surface area contributed by atoms with Gasteiger partial charge in [-0.15, -0.1) is 0 Å². The van der Waals surface area contributed by atoms with Gasteiger partial charge in [0.15, 0.2) is 0 Å². The van der Waals surface area contributed by atoms with Crippen molar-refractivity contribution in [2.24, 2.45) is 5.92 Å². The Hall–Kier alpha value is -3.39. The number of hydrazine groups is 1. The molecule has 8 heteroatoms. The molecule has 0 bridgehead atoms. The Kier molecular flexibility index (Phi) is 7.36. The summed E-state index contributed by atoms with van der Waals surface area (Å²) in [5, 5.41) is 6.28. The molecule has 2 saturated heterocycles. The number of benzene rings is 2. The van der Waals surface area contributed by atoms with Gasteiger partial charge in [0.05, 0.1) is 12.1 Å². The standard InChI is InChI=1S/C28H35N3O5/c1-18(2)24-23(29-27(34)35-17-19-12-8-6-9-13-19)25(32)31-22(26(33)36-28(3,4)5)16-21(30(24)31)20-14-10-7-11-15-20/h6-15,18,21-24H,16-17H2,1-5H3,(H,29,34)/t21-,22-,23-,24-/m1/s1. The molecule has 8 nitrogen and oxygen atoms in total. The van der Waals surface area contributed by atoms with Gasteiger partial charge in [-0.2, -0.15) is 0 Å². The summed E-state index contributed by atoms with van der Waals surface area (Å²) in [6, 6.07) is 17.0. The predicted molar refractivity (Wildman–Crippen MR) is 134 cm³/mol. The van der Waals surface area contributed by atoms with Gasteiger partial charge in [0.2, 0.25) is 0 Å². The first-order valence-electron chi connectivity index (χ1n) is 12.4. The van der Waals surface area contributed by atoms with Gasteiger partial charge < -0.3 is 14.8 Å². The summed E-state index contributed by atoms with van der Waals surface area (Å²) >= 11 is 0. The van der Waals surface area contributed by atoms with Crippen molar-refractivity contribution in [2.45, 2.75) is 77.4 Å². The van der Waals surface area contributed by atoms with Crippen LogP contribution in [0.3, 0.4) is 0 Å². The molecule has 36 heavy (non-hydrogen) atoms. The molecular formula is C28H35N3O5. The summed E-state index contributed by atoms with van der Waals surface area (Å²) in [6.07, 6.45) is -0.255. The maximum absolute atomic E-state index is 13.8. The molecule has 2 heterocycles. The van der Waals surface area contributed by atoms with Gasteiger partial charge in [-0.05, 0) is 37.8 Å². The number of ether oxygens (including phenoxy) is 2. The van der Waals surface area contributed by atoms with Crippen LogP contribution in [0.25, 0.3) is 0 Å². The van der Waals surface area contributed by atoms with Crippen LogP contribution in [0.4, 0.5) is 4.79 Å². The molecule has 0 spiro atoms. The van der Waals surface area contributed by atoms with Crippen LogP contribution >= 0.6 is 0 Å². The molecule has 0 radical (unpaired) electrons. The zero-order valence-electron chi connectivity index (χ0n) is 21.5. The van der Waals surface area contributed by atoms with Crippen LogP contribution in [0, 0.1) is 5.92 Å². The molecule has 2 aliphatic heterocycles. The van der Waals surface area contributed by atoms with Crippen molar-refractivity contribution in [1.29, 1.82) is 0 Å². The normalized spacial score (nSPS) is 24.1. The first-order chi connectivity index (χ1) is 17.1. The number of hydrogen-bond donors (Lipinski definition) is 1. The van der Waals surface area contributed by atoms with E-state index in [1.165, 1.54) is 5.01 Å². The summed E-state index contributed by atoms with van der Waals surface area (Å²) in [7, 11) is 0. The van der Waals surface area contributed by atoms with Crippen molar-refractivity contribution in [3.63, 3.8) is 0 Å². The van der Waals surface area contributed by atoms with Crippen molar-refractivity contribution in [2.75, 3.05) is 0 Å². The average Bonchev–Trinajstić information content (AvgIpc) is 3.34. The number of carbonyl (C=O) groups is 3. The molecule has 4 atom stereocenters. The lowest BCUT2D eigenvalue weighted by atomic mass is 9.92. The molecule has 2 aromatic carbocycles. The molecule has 2 fully saturated rings. The highest BCUT2D eigenvalue weighted by Gasteiger charge is 2.59. The minimum absolute atomic E-state index is 0.00183. The summed E-state index contributed by atoms with van der Waals surface area (Å²) < 4.78 is 11.1. The zero-order valence-corrected chi connectivity index (χ0v) is 21.5. The van der Waals surface area contributed by atoms with E-state index in [-0.39, 0.29) is 30.5 Å². The van der Waals surface area contributed by atoms with Gasteiger partial charge in [-0.3, -0.25) is 9.80 Å². The molecule has 1 N–H and O–H groups in total. The highest BCUT2D eigenvalue weighted by molar-refractivity contribution is 5.92. The largest absolute Gasteiger partial charge is 0.458 e. The summed E-state index contributed by atoms with van der Waals surface area (Å²) in [4.78, 5) is 39.8. The van der Waals surface area contributed by atoms with Crippen molar-refractivity contribution in [3.05, 3.63) is 71.8 Å². The SMILES string of the molecule is CC(C)[C@@H]1[C@@H](NC(=O)OCc2ccccc2)C(=O)N2[C@@H](C(=O)OC(C)(C)C)C[C@H](c3ccccc3)N12. The van der Waals surface area contributed by atoms with E-state index in [0.717, 1.165) is 11.1 Å². The lowest BCUT2D eigenvalue weighted by molar-refractivity contribution is -0.168. The quantitative estimate of drug-likeness (QED) is 0.607. The van der Waals surface area contributed by atoms with E-state index in [9.17, 15) is 14.4 Å². The fourth-order valence-corrected chi connectivity index (χ4v) is 5.05. The third-order valence-corrected chi connectivity index (χ3v) is 6.48. The van der Waals surface area contributed by atoms with Gasteiger partial charge >= 0.3 is 12.1 Å². The number of amides is 2. The third-order valence-electron chi connectivity index (χ3n) is 6.48. The van der Waals surface area contributed by atoms with E-state index in [2.05, 4.69) is 5.32 Å². The third kappa shape index (κ3) is 5.38. The summed E-state index contributed by atoms with van der Waals surface area (Å²) in [5.41, 5.74) is 1.16. The maximum atomic E-state index is 13.8. The molecule has 192 valence electrons. The van der Waals surface area contributed by atoms with Crippen LogP contribution in [0.5, 0.6) is 0 Å². The van der Waals surface area contributed by atoms with Crippen LogP contribution in [-0.2, 0) is 25.7 Å². The number of nitrogens with one attached hydrogen (secondary N) is 1. The Morgan fingerprint density at radius 1 is 1.03 bits per heavy atom. The molecule has 2 aliphatic rings. The topological polar surface area (TPSA) is 88.2 Å². The number of fused-ring (bicyclic) bond motifs is 1. The Labute approximate surface area is 212 Å². The number of esters is 1. The summed E-state index contributed by atoms with van der Waals surface area (Å²) in [6.45, 7) is 9.54. The van der Waals surface area contributed by atoms with Gasteiger partial charge in [0.1, 0.15) is 24.3 Å². The second-order valence-electron chi connectivity index (χ2n) is 10.7. The Morgan fingerprint density at radius 2 is 1.64 bits per heavy atom. The van der Waals surface area contributed by atoms with Gasteiger partial charge in [-0.25, -0.2) is 14.6 Å². The molecule has 0 unspecified atom stereocenters. The lowest BCUT2D eigenvalue weighted by Gasteiger charge is -2.34. The van der Waals surface area contributed by atoms with E-state index < -0.39 is 29.7 Å². The molecule has 2 amide bonds. The molecule has 0 saturated carbocycles. The Bertz CT molecular complexity index is 1080. The van der Waals surface area contributed by atoms with Crippen LogP contribution in [-0.4, -0.2) is 51.7 Å². The summed E-state index contributed by atoms with van der Waals surface area (Å²) in [5.74, 6) is -0.782. The highest BCUT2D eigenvalue weighted by Crippen LogP contribution is 2.45. The van der Waals surface area contributed by atoms with Gasteiger partial charge in [0.25, 0.3) is 5.91 Å². The van der Waals surface area contributed by atoms with Crippen LogP contribution in [0.2, 0.25) is 0 Å². The van der Waals surface area contributed by atoms with Gasteiger partial charge in [0, 0.05) is 6.42 Å². The van der Waals surface area contributed by atoms with Crippen LogP contribution < -0.4 is 5.32 Å². The van der Waals surface area contributed by atoms with Gasteiger partial charge in [-0.1, -0.05) is 74.5 Å². The Balaban J connectivity index is 1.61. The molecule has 2 aromatic rings. The number of nitrogens with zero attached hydrogens (tertiary/aromatic N) is 2. The van der Waals surface area contributed by atoms with Crippen molar-refractivity contribution >= 4 is 18.0 Å². The number of alkyl carbamates (subject to hydrolysis) is 1. The van der Waals surface area contributed by atoms with E-state index >= 15 is 0 Å². The van der Waals surface area contributed by atoms with Crippen LogP contribution in [0.15, 0.2) is 60.7 Å². The minimum atomic E-state index is -0.857. The molecule has 4 rings (SSSR count). The highest BCUT2D eigenvalue weighted by atomic mass is 16.6. The molecular weight excluding hydrogens is 458 g/mol. The second kappa shape index (κ2) is 10.3. The van der Waals surface area contributed by atoms with Crippen molar-refractivity contribution < 1.29 is 23.9 Å². The smallest absolute Gasteiger partial charge is 0.408 e. The van der Waals surface area contributed by atoms with E-state index in [1.54, 1.807) is 0 Å². The number of rotatable bonds is 6. The van der Waals surface area contributed by atoms with Crippen molar-refractivity contribution in [3.8, 4) is 0 Å². The Morgan fingerprint density at radius 3 is 2.22 bits per heavy atom. The predicted octanol–water partition coefficient (Wildman–Crippen LogP) is 4.22. The van der Waals surface area contributed by atoms with E-state index in [0.29, 0.717) is 6.42 Å². The zero-order chi connectivity index (χ0) is 26.0. The first-order valence-corrected chi connectivity index (χ1v) is 12.4. The first kappa shape index (κ1) is 25.7. The average molecular weight is 494 g/mol. The van der Waals surface area contributed by atoms with E-state index in [1.807, 2.05) is 100 Å². The van der Waals surface area contributed by atoms with Crippen molar-refractivity contribution in [1.82, 2.24) is 15.3 Å². The fourth-order valence-electron chi connectivity index (χ4n) is 5.05. The maximum Gasteiger partial charge on any atom is 0.408 e. The second-order valence-corrected chi connectivity index (χ2v) is 10.7. The monoisotopic (exact) mass is 493 g/mol. The van der Waals surface area contributed by atoms with Crippen LogP contribution in [0.1, 0.15) is 58.2 Å². The lowest BCUT2D eigenvalue weighted by Crippen LogP contribution is -2.50. The molecule has 0 aromatic heterocycles. The number of hydrogen-bond acceptors (Lipinski definition) is 6. The minimum Gasteiger partial charge on any atom is -0.458 e.